The van der Waals surface area contributed by atoms with Crippen molar-refractivity contribution in [1.82, 2.24) is 10.6 Å². The third kappa shape index (κ3) is 2.45. The van der Waals surface area contributed by atoms with Gasteiger partial charge in [0.05, 0.1) is 0 Å². The van der Waals surface area contributed by atoms with Crippen LogP contribution in [0.1, 0.15) is 19.3 Å². The molecule has 5 heteroatoms. The number of halogens is 3. The Hall–Kier alpha value is -0.290. The minimum Gasteiger partial charge on any atom is -0.316 e. The van der Waals surface area contributed by atoms with E-state index in [1.54, 1.807) is 0 Å². The second kappa shape index (κ2) is 4.29. The Morgan fingerprint density at radius 2 is 1.87 bits per heavy atom. The zero-order chi connectivity index (χ0) is 10.9. The van der Waals surface area contributed by atoms with E-state index in [1.807, 2.05) is 0 Å². The Morgan fingerprint density at radius 3 is 2.47 bits per heavy atom. The van der Waals surface area contributed by atoms with Gasteiger partial charge in [0.15, 0.2) is 0 Å². The van der Waals surface area contributed by atoms with Gasteiger partial charge in [-0.25, -0.2) is 0 Å². The molecule has 3 unspecified atom stereocenters. The molecule has 0 spiro atoms. The average molecular weight is 222 g/mol. The standard InChI is InChI=1S/C10H17F3N2/c11-10(12,13)9-8(2-1-4-15-9)7-3-5-14-6-7/h7-9,14-15H,1-6H2. The molecule has 0 aromatic heterocycles. The summed E-state index contributed by atoms with van der Waals surface area (Å²) in [7, 11) is 0. The first-order valence-electron chi connectivity index (χ1n) is 5.60. The van der Waals surface area contributed by atoms with Crippen LogP contribution in [0.4, 0.5) is 13.2 Å². The monoisotopic (exact) mass is 222 g/mol. The highest BCUT2D eigenvalue weighted by atomic mass is 19.4. The van der Waals surface area contributed by atoms with Crippen molar-refractivity contribution in [3.05, 3.63) is 0 Å². The van der Waals surface area contributed by atoms with E-state index in [0.717, 1.165) is 25.9 Å². The number of alkyl halides is 3. The number of nitrogens with one attached hydrogen (secondary N) is 2. The summed E-state index contributed by atoms with van der Waals surface area (Å²) in [6, 6.07) is -1.28. The van der Waals surface area contributed by atoms with Crippen LogP contribution in [0.15, 0.2) is 0 Å². The maximum atomic E-state index is 12.8. The molecule has 2 N–H and O–H groups in total. The largest absolute Gasteiger partial charge is 0.404 e. The molecule has 0 aromatic rings. The second-order valence-electron chi connectivity index (χ2n) is 4.53. The highest BCUT2D eigenvalue weighted by molar-refractivity contribution is 4.92. The molecule has 0 bridgehead atoms. The molecule has 0 radical (unpaired) electrons. The van der Waals surface area contributed by atoms with E-state index < -0.39 is 12.2 Å². The first-order valence-corrected chi connectivity index (χ1v) is 5.60. The first-order chi connectivity index (χ1) is 7.09. The van der Waals surface area contributed by atoms with Crippen molar-refractivity contribution in [2.45, 2.75) is 31.5 Å². The van der Waals surface area contributed by atoms with Crippen molar-refractivity contribution in [3.8, 4) is 0 Å². The van der Waals surface area contributed by atoms with Crippen molar-refractivity contribution in [2.75, 3.05) is 19.6 Å². The SMILES string of the molecule is FC(F)(F)C1NCCCC1C1CCNC1. The normalized spacial score (nSPS) is 38.2. The second-order valence-corrected chi connectivity index (χ2v) is 4.53. The van der Waals surface area contributed by atoms with Crippen LogP contribution in [0.25, 0.3) is 0 Å². The van der Waals surface area contributed by atoms with Crippen molar-refractivity contribution < 1.29 is 13.2 Å². The van der Waals surface area contributed by atoms with Gasteiger partial charge < -0.3 is 10.6 Å². The molecule has 2 fully saturated rings. The molecule has 0 aromatic carbocycles. The fourth-order valence-corrected chi connectivity index (χ4v) is 2.82. The molecule has 2 saturated heterocycles. The van der Waals surface area contributed by atoms with Crippen molar-refractivity contribution in [2.24, 2.45) is 11.8 Å². The molecule has 15 heavy (non-hydrogen) atoms. The number of rotatable bonds is 1. The van der Waals surface area contributed by atoms with Gasteiger partial charge in [-0.1, -0.05) is 0 Å². The molecule has 2 rings (SSSR count). The fourth-order valence-electron chi connectivity index (χ4n) is 2.82. The lowest BCUT2D eigenvalue weighted by Crippen LogP contribution is -2.53. The van der Waals surface area contributed by atoms with Gasteiger partial charge in [0, 0.05) is 0 Å². The van der Waals surface area contributed by atoms with E-state index in [4.69, 9.17) is 0 Å². The zero-order valence-corrected chi connectivity index (χ0v) is 8.61. The Bertz CT molecular complexity index is 211. The van der Waals surface area contributed by atoms with Gasteiger partial charge in [0.1, 0.15) is 6.04 Å². The highest BCUT2D eigenvalue weighted by Crippen LogP contribution is 2.36. The lowest BCUT2D eigenvalue weighted by molar-refractivity contribution is -0.176. The van der Waals surface area contributed by atoms with Gasteiger partial charge in [-0.2, -0.15) is 13.2 Å². The van der Waals surface area contributed by atoms with Gasteiger partial charge in [0.2, 0.25) is 0 Å². The molecule has 0 aliphatic carbocycles. The van der Waals surface area contributed by atoms with E-state index in [-0.39, 0.29) is 11.8 Å². The van der Waals surface area contributed by atoms with Crippen molar-refractivity contribution in [3.63, 3.8) is 0 Å². The lowest BCUT2D eigenvalue weighted by Gasteiger charge is -2.37. The number of hydrogen-bond donors (Lipinski definition) is 2. The highest BCUT2D eigenvalue weighted by Gasteiger charge is 2.48. The summed E-state index contributed by atoms with van der Waals surface area (Å²) in [5.74, 6) is -0.0295. The third-order valence-corrected chi connectivity index (χ3v) is 3.56. The molecule has 2 aliphatic rings. The summed E-state index contributed by atoms with van der Waals surface area (Å²) in [4.78, 5) is 0. The van der Waals surface area contributed by atoms with Crippen LogP contribution in [-0.2, 0) is 0 Å². The van der Waals surface area contributed by atoms with Crippen LogP contribution in [-0.4, -0.2) is 31.9 Å². The molecule has 2 heterocycles. The number of piperidine rings is 1. The minimum atomic E-state index is -4.09. The van der Waals surface area contributed by atoms with Crippen LogP contribution in [0.5, 0.6) is 0 Å². The summed E-state index contributed by atoms with van der Waals surface area (Å²) < 4.78 is 38.3. The molecule has 0 amide bonds. The van der Waals surface area contributed by atoms with Crippen molar-refractivity contribution in [1.29, 1.82) is 0 Å². The Labute approximate surface area is 87.6 Å². The fraction of sp³-hybridized carbons (Fsp3) is 1.00. The predicted molar refractivity (Wildman–Crippen MR) is 51.5 cm³/mol. The van der Waals surface area contributed by atoms with Crippen molar-refractivity contribution >= 4 is 0 Å². The van der Waals surface area contributed by atoms with E-state index >= 15 is 0 Å². The molecule has 0 saturated carbocycles. The van der Waals surface area contributed by atoms with Gasteiger partial charge >= 0.3 is 6.18 Å². The van der Waals surface area contributed by atoms with Gasteiger partial charge in [-0.3, -0.25) is 0 Å². The topological polar surface area (TPSA) is 24.1 Å². The molecular weight excluding hydrogens is 205 g/mol. The molecule has 2 aliphatic heterocycles. The van der Waals surface area contributed by atoms with Crippen LogP contribution < -0.4 is 10.6 Å². The zero-order valence-electron chi connectivity index (χ0n) is 8.61. The summed E-state index contributed by atoms with van der Waals surface area (Å²) in [5, 5.41) is 5.78. The Kier molecular flexibility index (Phi) is 3.21. The molecule has 88 valence electrons. The summed E-state index contributed by atoms with van der Waals surface area (Å²) in [5.41, 5.74) is 0. The predicted octanol–water partition coefficient (Wildman–Crippen LogP) is 1.53. The molecule has 3 atom stereocenters. The van der Waals surface area contributed by atoms with E-state index in [1.165, 1.54) is 0 Å². The smallest absolute Gasteiger partial charge is 0.316 e. The average Bonchev–Trinajstić information content (AvgIpc) is 2.69. The minimum absolute atomic E-state index is 0.199. The molecular formula is C10H17F3N2. The maximum Gasteiger partial charge on any atom is 0.404 e. The van der Waals surface area contributed by atoms with Crippen LogP contribution in [0.3, 0.4) is 0 Å². The summed E-state index contributed by atoms with van der Waals surface area (Å²) >= 11 is 0. The Balaban J connectivity index is 2.05. The van der Waals surface area contributed by atoms with Crippen LogP contribution >= 0.6 is 0 Å². The van der Waals surface area contributed by atoms with Crippen LogP contribution in [0.2, 0.25) is 0 Å². The van der Waals surface area contributed by atoms with E-state index in [9.17, 15) is 13.2 Å². The summed E-state index contributed by atoms with van der Waals surface area (Å²) in [6.07, 6.45) is -1.62. The summed E-state index contributed by atoms with van der Waals surface area (Å²) in [6.45, 7) is 2.12. The molecule has 2 nitrogen and oxygen atoms in total. The van der Waals surface area contributed by atoms with E-state index in [0.29, 0.717) is 13.0 Å². The first kappa shape index (κ1) is 11.2. The van der Waals surface area contributed by atoms with Crippen LogP contribution in [0, 0.1) is 11.8 Å². The number of hydrogen-bond acceptors (Lipinski definition) is 2. The van der Waals surface area contributed by atoms with E-state index in [2.05, 4.69) is 10.6 Å². The van der Waals surface area contributed by atoms with Gasteiger partial charge in [-0.05, 0) is 50.7 Å². The maximum absolute atomic E-state index is 12.8. The quantitative estimate of drug-likeness (QED) is 0.703. The third-order valence-electron chi connectivity index (χ3n) is 3.56. The Morgan fingerprint density at radius 1 is 1.07 bits per heavy atom. The lowest BCUT2D eigenvalue weighted by atomic mass is 9.79. The van der Waals surface area contributed by atoms with Gasteiger partial charge in [-0.15, -0.1) is 0 Å². The van der Waals surface area contributed by atoms with Gasteiger partial charge in [0.25, 0.3) is 0 Å².